The molecule has 4 nitrogen and oxygen atoms in total. The molecule has 4 rings (SSSR count). The Hall–Kier alpha value is -1.52. The molecule has 28 heavy (non-hydrogen) atoms. The number of halogens is 1. The maximum atomic E-state index is 11.9. The van der Waals surface area contributed by atoms with Crippen LogP contribution in [0, 0.1) is 17.3 Å². The van der Waals surface area contributed by atoms with Crippen LogP contribution in [0.3, 0.4) is 0 Å². The fourth-order valence-corrected chi connectivity index (χ4v) is 5.23. The summed E-state index contributed by atoms with van der Waals surface area (Å²) >= 11 is 6.42. The molecule has 1 atom stereocenters. The molecular weight excluding hydrogens is 372 g/mol. The summed E-state index contributed by atoms with van der Waals surface area (Å²) in [5.74, 6) is 2.06. The quantitative estimate of drug-likeness (QED) is 0.691. The lowest BCUT2D eigenvalue weighted by Crippen LogP contribution is -2.49. The van der Waals surface area contributed by atoms with Crippen LogP contribution < -0.4 is 16.0 Å². The maximum absolute atomic E-state index is 11.9. The minimum Gasteiger partial charge on any atom is -0.489 e. The number of fused-ring (bicyclic) bond motifs is 1. The number of hydrogen-bond acceptors (Lipinski definition) is 3. The van der Waals surface area contributed by atoms with E-state index in [1.54, 1.807) is 12.3 Å². The van der Waals surface area contributed by atoms with Gasteiger partial charge in [-0.15, -0.1) is 0 Å². The van der Waals surface area contributed by atoms with Crippen LogP contribution >= 0.6 is 11.6 Å². The summed E-state index contributed by atoms with van der Waals surface area (Å²) in [6, 6.07) is 5.73. The van der Waals surface area contributed by atoms with Gasteiger partial charge in [0.15, 0.2) is 0 Å². The Morgan fingerprint density at radius 2 is 1.96 bits per heavy atom. The number of rotatable bonds is 6. The number of aromatic amines is 1. The normalized spacial score (nSPS) is 26.5. The molecule has 1 unspecified atom stereocenters. The maximum Gasteiger partial charge on any atom is 0.255 e. The minimum absolute atomic E-state index is 0.129. The van der Waals surface area contributed by atoms with Crippen LogP contribution in [0.1, 0.15) is 58.8 Å². The molecule has 2 aliphatic rings. The van der Waals surface area contributed by atoms with Gasteiger partial charge in [-0.1, -0.05) is 38.3 Å². The van der Waals surface area contributed by atoms with Crippen LogP contribution in [0.5, 0.6) is 5.75 Å². The van der Waals surface area contributed by atoms with E-state index in [2.05, 4.69) is 18.8 Å². The summed E-state index contributed by atoms with van der Waals surface area (Å²) in [7, 11) is 0. The molecule has 0 aliphatic heterocycles. The van der Waals surface area contributed by atoms with Gasteiger partial charge in [-0.2, -0.15) is 0 Å². The van der Waals surface area contributed by atoms with Crippen LogP contribution in [-0.4, -0.2) is 17.1 Å². The molecule has 1 aromatic carbocycles. The number of benzene rings is 1. The predicted molar refractivity (Wildman–Crippen MR) is 115 cm³/mol. The van der Waals surface area contributed by atoms with Gasteiger partial charge >= 0.3 is 0 Å². The van der Waals surface area contributed by atoms with Crippen molar-refractivity contribution in [2.45, 2.75) is 70.9 Å². The molecule has 0 radical (unpaired) electrons. The van der Waals surface area contributed by atoms with Crippen molar-refractivity contribution in [2.24, 2.45) is 23.0 Å². The van der Waals surface area contributed by atoms with Crippen molar-refractivity contribution in [1.82, 2.24) is 4.98 Å². The summed E-state index contributed by atoms with van der Waals surface area (Å²) < 4.78 is 6.30. The highest BCUT2D eigenvalue weighted by Gasteiger charge is 2.45. The Balaban J connectivity index is 1.48. The summed E-state index contributed by atoms with van der Waals surface area (Å²) in [4.78, 5) is 14.6. The highest BCUT2D eigenvalue weighted by Crippen LogP contribution is 2.51. The zero-order chi connectivity index (χ0) is 19.9. The van der Waals surface area contributed by atoms with Crippen molar-refractivity contribution in [1.29, 1.82) is 0 Å². The smallest absolute Gasteiger partial charge is 0.255 e. The molecule has 2 fully saturated rings. The molecule has 152 valence electrons. The molecule has 0 saturated heterocycles. The van der Waals surface area contributed by atoms with Gasteiger partial charge in [0.2, 0.25) is 0 Å². The van der Waals surface area contributed by atoms with Crippen molar-refractivity contribution in [3.8, 4) is 5.75 Å². The van der Waals surface area contributed by atoms with Crippen LogP contribution in [0.15, 0.2) is 29.2 Å². The van der Waals surface area contributed by atoms with Gasteiger partial charge in [0, 0.05) is 17.6 Å². The van der Waals surface area contributed by atoms with Crippen molar-refractivity contribution in [3.63, 3.8) is 0 Å². The van der Waals surface area contributed by atoms with Gasteiger partial charge in [-0.05, 0) is 72.9 Å². The average molecular weight is 403 g/mol. The second kappa shape index (κ2) is 7.72. The molecular formula is C23H31ClN2O2. The first-order chi connectivity index (χ1) is 13.4. The van der Waals surface area contributed by atoms with Gasteiger partial charge in [0.25, 0.3) is 5.56 Å². The van der Waals surface area contributed by atoms with E-state index < -0.39 is 0 Å². The SMILES string of the molecule is CC(C)C(N)C1(CC2CC2)CCC(Oc2cc3cc[nH]c(=O)c3cc2Cl)CC1. The molecule has 2 saturated carbocycles. The van der Waals surface area contributed by atoms with E-state index in [1.807, 2.05) is 12.1 Å². The monoisotopic (exact) mass is 402 g/mol. The molecule has 1 aromatic heterocycles. The van der Waals surface area contributed by atoms with Gasteiger partial charge in [0.1, 0.15) is 5.75 Å². The van der Waals surface area contributed by atoms with Crippen molar-refractivity contribution in [2.75, 3.05) is 0 Å². The first-order valence-electron chi connectivity index (χ1n) is 10.6. The van der Waals surface area contributed by atoms with Crippen LogP contribution in [0.25, 0.3) is 10.8 Å². The van der Waals surface area contributed by atoms with Crippen LogP contribution in [0.4, 0.5) is 0 Å². The van der Waals surface area contributed by atoms with E-state index in [4.69, 9.17) is 22.1 Å². The number of pyridine rings is 1. The standard InChI is InChI=1S/C23H31ClN2O2/c1-14(2)21(25)23(13-15-3-4-15)8-5-17(6-9-23)28-20-11-16-7-10-26-22(27)18(16)12-19(20)24/h7,10-12,14-15,17,21H,3-6,8-9,13,25H2,1-2H3,(H,26,27). The van der Waals surface area contributed by atoms with Crippen LogP contribution in [-0.2, 0) is 0 Å². The lowest BCUT2D eigenvalue weighted by molar-refractivity contribution is 0.0384. The Morgan fingerprint density at radius 3 is 2.61 bits per heavy atom. The third kappa shape index (κ3) is 3.95. The van der Waals surface area contributed by atoms with E-state index in [0.717, 1.165) is 37.0 Å². The Kier molecular flexibility index (Phi) is 5.45. The van der Waals surface area contributed by atoms with Crippen molar-refractivity contribution < 1.29 is 4.74 Å². The van der Waals surface area contributed by atoms with Gasteiger partial charge < -0.3 is 15.5 Å². The average Bonchev–Trinajstić information content (AvgIpc) is 3.48. The van der Waals surface area contributed by atoms with Gasteiger partial charge in [-0.3, -0.25) is 4.79 Å². The summed E-state index contributed by atoms with van der Waals surface area (Å²) in [5.41, 5.74) is 6.84. The largest absolute Gasteiger partial charge is 0.489 e. The summed E-state index contributed by atoms with van der Waals surface area (Å²) in [5, 5.41) is 1.94. The second-order valence-corrected chi connectivity index (χ2v) is 9.68. The van der Waals surface area contributed by atoms with E-state index in [-0.39, 0.29) is 23.1 Å². The number of aromatic nitrogens is 1. The number of H-pyrrole nitrogens is 1. The fraction of sp³-hybridized carbons (Fsp3) is 0.609. The number of hydrogen-bond donors (Lipinski definition) is 2. The Morgan fingerprint density at radius 1 is 1.25 bits per heavy atom. The van der Waals surface area contributed by atoms with E-state index in [9.17, 15) is 4.79 Å². The minimum atomic E-state index is -0.129. The van der Waals surface area contributed by atoms with Crippen LogP contribution in [0.2, 0.25) is 5.02 Å². The zero-order valence-corrected chi connectivity index (χ0v) is 17.6. The lowest BCUT2D eigenvalue weighted by atomic mass is 9.63. The number of nitrogens with one attached hydrogen (secondary N) is 1. The first kappa shape index (κ1) is 19.8. The highest BCUT2D eigenvalue weighted by molar-refractivity contribution is 6.32. The molecule has 2 aromatic rings. The van der Waals surface area contributed by atoms with E-state index in [0.29, 0.717) is 22.1 Å². The first-order valence-corrected chi connectivity index (χ1v) is 11.0. The fourth-order valence-electron chi connectivity index (χ4n) is 5.02. The van der Waals surface area contributed by atoms with E-state index in [1.165, 1.54) is 19.3 Å². The molecule has 0 spiro atoms. The highest BCUT2D eigenvalue weighted by atomic mass is 35.5. The summed E-state index contributed by atoms with van der Waals surface area (Å²) in [6.45, 7) is 4.50. The van der Waals surface area contributed by atoms with Crippen molar-refractivity contribution in [3.05, 3.63) is 39.8 Å². The number of nitrogens with two attached hydrogens (primary N) is 1. The molecule has 5 heteroatoms. The third-order valence-corrected chi connectivity index (χ3v) is 7.16. The molecule has 0 bridgehead atoms. The zero-order valence-electron chi connectivity index (χ0n) is 16.8. The summed E-state index contributed by atoms with van der Waals surface area (Å²) in [6.07, 6.45) is 10.1. The third-order valence-electron chi connectivity index (χ3n) is 6.87. The molecule has 2 aliphatic carbocycles. The second-order valence-electron chi connectivity index (χ2n) is 9.27. The van der Waals surface area contributed by atoms with Crippen molar-refractivity contribution >= 4 is 22.4 Å². The van der Waals surface area contributed by atoms with E-state index >= 15 is 0 Å². The number of ether oxygens (including phenoxy) is 1. The van der Waals surface area contributed by atoms with Gasteiger partial charge in [0.05, 0.1) is 11.1 Å². The molecule has 1 heterocycles. The molecule has 0 amide bonds. The topological polar surface area (TPSA) is 68.1 Å². The lowest BCUT2D eigenvalue weighted by Gasteiger charge is -2.46. The predicted octanol–water partition coefficient (Wildman–Crippen LogP) is 5.27. The Bertz CT molecular complexity index is 895. The molecule has 3 N–H and O–H groups in total. The van der Waals surface area contributed by atoms with Gasteiger partial charge in [-0.25, -0.2) is 0 Å². The Labute approximate surface area is 171 Å².